The van der Waals surface area contributed by atoms with E-state index in [0.29, 0.717) is 12.1 Å². The lowest BCUT2D eigenvalue weighted by Gasteiger charge is -2.09. The molecular weight excluding hydrogens is 178 g/mol. The van der Waals surface area contributed by atoms with E-state index in [-0.39, 0.29) is 5.78 Å². The molecule has 0 radical (unpaired) electrons. The molecule has 1 rings (SSSR count). The third kappa shape index (κ3) is 2.60. The first-order valence-corrected chi connectivity index (χ1v) is 4.49. The summed E-state index contributed by atoms with van der Waals surface area (Å²) in [5, 5.41) is 0. The number of aromatic nitrogens is 2. The standard InChI is InChI=1S/C10H15N3O/c1-7-9(8(2)14)5-11-10(12-7)6-13(3)4/h5H,6H2,1-4H3. The molecule has 0 spiro atoms. The van der Waals surface area contributed by atoms with Crippen LogP contribution in [0.25, 0.3) is 0 Å². The second-order valence-corrected chi connectivity index (χ2v) is 3.58. The third-order valence-corrected chi connectivity index (χ3v) is 1.87. The number of aryl methyl sites for hydroxylation is 1. The quantitative estimate of drug-likeness (QED) is 0.673. The zero-order chi connectivity index (χ0) is 10.7. The van der Waals surface area contributed by atoms with Gasteiger partial charge in [-0.15, -0.1) is 0 Å². The minimum Gasteiger partial charge on any atom is -0.302 e. The zero-order valence-corrected chi connectivity index (χ0v) is 9.03. The summed E-state index contributed by atoms with van der Waals surface area (Å²) in [5.74, 6) is 0.761. The highest BCUT2D eigenvalue weighted by Crippen LogP contribution is 2.05. The van der Waals surface area contributed by atoms with Gasteiger partial charge >= 0.3 is 0 Å². The summed E-state index contributed by atoms with van der Waals surface area (Å²) in [6.45, 7) is 4.05. The number of carbonyl (C=O) groups is 1. The van der Waals surface area contributed by atoms with Gasteiger partial charge in [-0.05, 0) is 27.9 Å². The smallest absolute Gasteiger partial charge is 0.163 e. The van der Waals surface area contributed by atoms with Crippen molar-refractivity contribution in [2.24, 2.45) is 0 Å². The first kappa shape index (κ1) is 10.8. The van der Waals surface area contributed by atoms with Crippen LogP contribution < -0.4 is 0 Å². The molecule has 14 heavy (non-hydrogen) atoms. The Kier molecular flexibility index (Phi) is 3.30. The number of hydrogen-bond acceptors (Lipinski definition) is 4. The van der Waals surface area contributed by atoms with Gasteiger partial charge in [0.2, 0.25) is 0 Å². The minimum absolute atomic E-state index is 0.0129. The molecule has 0 unspecified atom stereocenters. The van der Waals surface area contributed by atoms with Crippen molar-refractivity contribution < 1.29 is 4.79 Å². The van der Waals surface area contributed by atoms with Gasteiger partial charge in [0.05, 0.1) is 17.8 Å². The highest BCUT2D eigenvalue weighted by molar-refractivity contribution is 5.94. The average Bonchev–Trinajstić information content (AvgIpc) is 2.01. The second-order valence-electron chi connectivity index (χ2n) is 3.58. The molecule has 4 heteroatoms. The molecule has 0 atom stereocenters. The summed E-state index contributed by atoms with van der Waals surface area (Å²) in [4.78, 5) is 21.5. The molecule has 0 aliphatic carbocycles. The van der Waals surface area contributed by atoms with Gasteiger partial charge in [0, 0.05) is 6.20 Å². The van der Waals surface area contributed by atoms with Gasteiger partial charge in [0.25, 0.3) is 0 Å². The zero-order valence-electron chi connectivity index (χ0n) is 9.03. The summed E-state index contributed by atoms with van der Waals surface area (Å²) in [6, 6.07) is 0. The van der Waals surface area contributed by atoms with Crippen LogP contribution in [0.4, 0.5) is 0 Å². The fraction of sp³-hybridized carbons (Fsp3) is 0.500. The average molecular weight is 193 g/mol. The normalized spacial score (nSPS) is 10.6. The molecule has 1 aromatic heterocycles. The molecular formula is C10H15N3O. The highest BCUT2D eigenvalue weighted by Gasteiger charge is 2.07. The van der Waals surface area contributed by atoms with Crippen LogP contribution in [-0.4, -0.2) is 34.7 Å². The maximum atomic E-state index is 11.1. The molecule has 0 aromatic carbocycles. The number of ketones is 1. The number of hydrogen-bond donors (Lipinski definition) is 0. The molecule has 0 bridgehead atoms. The largest absolute Gasteiger partial charge is 0.302 e. The van der Waals surface area contributed by atoms with Crippen LogP contribution in [0, 0.1) is 6.92 Å². The number of rotatable bonds is 3. The predicted octanol–water partition coefficient (Wildman–Crippen LogP) is 1.05. The lowest BCUT2D eigenvalue weighted by Crippen LogP contribution is -2.14. The third-order valence-electron chi connectivity index (χ3n) is 1.87. The van der Waals surface area contributed by atoms with Gasteiger partial charge < -0.3 is 4.90 Å². The van der Waals surface area contributed by atoms with Crippen molar-refractivity contribution >= 4 is 5.78 Å². The Morgan fingerprint density at radius 2 is 2.14 bits per heavy atom. The monoisotopic (exact) mass is 193 g/mol. The summed E-state index contributed by atoms with van der Waals surface area (Å²) in [5.41, 5.74) is 1.36. The molecule has 76 valence electrons. The summed E-state index contributed by atoms with van der Waals surface area (Å²) < 4.78 is 0. The molecule has 0 aliphatic rings. The van der Waals surface area contributed by atoms with E-state index in [1.165, 1.54) is 6.92 Å². The van der Waals surface area contributed by atoms with Crippen molar-refractivity contribution in [3.8, 4) is 0 Å². The lowest BCUT2D eigenvalue weighted by atomic mass is 10.2. The van der Waals surface area contributed by atoms with Crippen molar-refractivity contribution in [2.75, 3.05) is 14.1 Å². The molecule has 0 aliphatic heterocycles. The number of Topliss-reactive ketones (excluding diaryl/α,β-unsaturated/α-hetero) is 1. The fourth-order valence-electron chi connectivity index (χ4n) is 1.22. The van der Waals surface area contributed by atoms with Crippen LogP contribution in [-0.2, 0) is 6.54 Å². The van der Waals surface area contributed by atoms with Crippen molar-refractivity contribution in [1.82, 2.24) is 14.9 Å². The Morgan fingerprint density at radius 3 is 2.57 bits per heavy atom. The maximum Gasteiger partial charge on any atom is 0.163 e. The second kappa shape index (κ2) is 4.28. The van der Waals surface area contributed by atoms with Gasteiger partial charge in [-0.25, -0.2) is 9.97 Å². The molecule has 1 heterocycles. The first-order valence-electron chi connectivity index (χ1n) is 4.49. The lowest BCUT2D eigenvalue weighted by molar-refractivity contribution is 0.101. The highest BCUT2D eigenvalue weighted by atomic mass is 16.1. The topological polar surface area (TPSA) is 46.1 Å². The van der Waals surface area contributed by atoms with E-state index in [9.17, 15) is 4.79 Å². The Morgan fingerprint density at radius 1 is 1.50 bits per heavy atom. The van der Waals surface area contributed by atoms with Crippen LogP contribution in [0.3, 0.4) is 0 Å². The predicted molar refractivity (Wildman–Crippen MR) is 54.2 cm³/mol. The van der Waals surface area contributed by atoms with E-state index in [0.717, 1.165) is 11.5 Å². The summed E-state index contributed by atoms with van der Waals surface area (Å²) in [6.07, 6.45) is 1.60. The molecule has 0 fully saturated rings. The molecule has 0 saturated carbocycles. The van der Waals surface area contributed by atoms with Gasteiger partial charge in [0.1, 0.15) is 5.82 Å². The molecule has 0 saturated heterocycles. The van der Waals surface area contributed by atoms with Gasteiger partial charge in [-0.2, -0.15) is 0 Å². The number of nitrogens with zero attached hydrogens (tertiary/aromatic N) is 3. The Hall–Kier alpha value is -1.29. The van der Waals surface area contributed by atoms with Crippen LogP contribution in [0.1, 0.15) is 28.8 Å². The molecule has 0 N–H and O–H groups in total. The Labute approximate surface area is 84.0 Å². The van der Waals surface area contributed by atoms with Crippen molar-refractivity contribution in [3.63, 3.8) is 0 Å². The number of carbonyl (C=O) groups excluding carboxylic acids is 1. The molecule has 1 aromatic rings. The Balaban J connectivity index is 2.94. The van der Waals surface area contributed by atoms with Crippen molar-refractivity contribution in [2.45, 2.75) is 20.4 Å². The van der Waals surface area contributed by atoms with Crippen LogP contribution >= 0.6 is 0 Å². The Bertz CT molecular complexity index is 347. The van der Waals surface area contributed by atoms with Gasteiger partial charge in [0.15, 0.2) is 5.78 Å². The molecule has 0 amide bonds. The van der Waals surface area contributed by atoms with E-state index < -0.39 is 0 Å². The summed E-state index contributed by atoms with van der Waals surface area (Å²) in [7, 11) is 3.91. The van der Waals surface area contributed by atoms with Gasteiger partial charge in [-0.3, -0.25) is 4.79 Å². The summed E-state index contributed by atoms with van der Waals surface area (Å²) >= 11 is 0. The minimum atomic E-state index is 0.0129. The van der Waals surface area contributed by atoms with Crippen molar-refractivity contribution in [3.05, 3.63) is 23.3 Å². The van der Waals surface area contributed by atoms with Crippen LogP contribution in [0.5, 0.6) is 0 Å². The van der Waals surface area contributed by atoms with Crippen molar-refractivity contribution in [1.29, 1.82) is 0 Å². The van der Waals surface area contributed by atoms with E-state index >= 15 is 0 Å². The van der Waals surface area contributed by atoms with Crippen LogP contribution in [0.2, 0.25) is 0 Å². The molecule has 4 nitrogen and oxygen atoms in total. The first-order chi connectivity index (χ1) is 6.50. The fourth-order valence-corrected chi connectivity index (χ4v) is 1.22. The van der Waals surface area contributed by atoms with Gasteiger partial charge in [-0.1, -0.05) is 0 Å². The van der Waals surface area contributed by atoms with E-state index in [1.807, 2.05) is 25.9 Å². The van der Waals surface area contributed by atoms with E-state index in [1.54, 1.807) is 6.20 Å². The maximum absolute atomic E-state index is 11.1. The SMILES string of the molecule is CC(=O)c1cnc(CN(C)C)nc1C. The van der Waals surface area contributed by atoms with Crippen LogP contribution in [0.15, 0.2) is 6.20 Å². The van der Waals surface area contributed by atoms with E-state index in [2.05, 4.69) is 9.97 Å². The van der Waals surface area contributed by atoms with E-state index in [4.69, 9.17) is 0 Å².